The molecule has 0 saturated carbocycles. The quantitative estimate of drug-likeness (QED) is 0.160. The van der Waals surface area contributed by atoms with Gasteiger partial charge in [-0.05, 0) is 85.8 Å². The van der Waals surface area contributed by atoms with Gasteiger partial charge in [0.25, 0.3) is 11.2 Å². The maximum atomic E-state index is 5.38. The lowest BCUT2D eigenvalue weighted by Crippen LogP contribution is -2.00. The first kappa shape index (κ1) is 32.7. The average Bonchev–Trinajstić information content (AvgIpc) is 3.68. The molecule has 2 heterocycles. The van der Waals surface area contributed by atoms with Gasteiger partial charge in [0, 0.05) is 22.8 Å². The number of hydrogen-bond donors (Lipinski definition) is 0. The standard InChI is InChI=1S/C53H33N3O/c1-3-13-34(14-4-1)40-21-11-22-43(31-40)52-54-51(37-17-5-2-6-18-37)55-53(56-52)45-23-12-24-48-49(45)47-33-44(41-27-25-35-15-7-9-19-38(35)29-41)32-46(50(47)57-48)42-28-26-36-16-8-10-20-39(36)30-42/h1-33H/p+1. The van der Waals surface area contributed by atoms with E-state index in [9.17, 15) is 0 Å². The Bertz CT molecular complexity index is 3300. The minimum atomic E-state index is 0.604. The highest BCUT2D eigenvalue weighted by molar-refractivity contribution is 6.16. The highest BCUT2D eigenvalue weighted by Crippen LogP contribution is 2.43. The van der Waals surface area contributed by atoms with Crippen molar-refractivity contribution >= 4 is 43.5 Å². The molecule has 0 bridgehead atoms. The zero-order chi connectivity index (χ0) is 37.7. The van der Waals surface area contributed by atoms with Gasteiger partial charge in [0.05, 0.1) is 16.3 Å². The second-order valence-corrected chi connectivity index (χ2v) is 14.5. The molecule has 1 N–H and O–H groups in total. The van der Waals surface area contributed by atoms with Crippen molar-refractivity contribution in [3.8, 4) is 67.5 Å². The fourth-order valence-electron chi connectivity index (χ4n) is 8.09. The van der Waals surface area contributed by atoms with Crippen LogP contribution in [0.1, 0.15) is 0 Å². The van der Waals surface area contributed by atoms with Crippen molar-refractivity contribution in [1.82, 2.24) is 15.0 Å². The molecule has 11 rings (SSSR count). The molecule has 0 aliphatic heterocycles. The molecule has 57 heavy (non-hydrogen) atoms. The first-order chi connectivity index (χ1) is 28.2. The lowest BCUT2D eigenvalue weighted by atomic mass is 9.93. The van der Waals surface area contributed by atoms with E-state index in [-0.39, 0.29) is 0 Å². The smallest absolute Gasteiger partial charge is 0.277 e. The van der Waals surface area contributed by atoms with Crippen molar-refractivity contribution in [2.45, 2.75) is 0 Å². The number of fused-ring (bicyclic) bond motifs is 5. The van der Waals surface area contributed by atoms with Crippen molar-refractivity contribution in [2.75, 3.05) is 0 Å². The molecule has 11 aromatic rings. The van der Waals surface area contributed by atoms with E-state index in [2.05, 4.69) is 176 Å². The van der Waals surface area contributed by atoms with Crippen molar-refractivity contribution in [2.24, 2.45) is 0 Å². The lowest BCUT2D eigenvalue weighted by molar-refractivity contribution is 0.670. The molecule has 0 aliphatic rings. The van der Waals surface area contributed by atoms with Gasteiger partial charge in [-0.2, -0.15) is 0 Å². The third-order valence-corrected chi connectivity index (χ3v) is 10.9. The molecule has 0 unspecified atom stereocenters. The van der Waals surface area contributed by atoms with Gasteiger partial charge < -0.3 is 4.42 Å². The highest BCUT2D eigenvalue weighted by atomic mass is 16.3. The van der Waals surface area contributed by atoms with Gasteiger partial charge in [-0.15, -0.1) is 0 Å². The molecule has 0 atom stereocenters. The molecule has 266 valence electrons. The fraction of sp³-hybridized carbons (Fsp3) is 0. The zero-order valence-corrected chi connectivity index (χ0v) is 30.8. The van der Waals surface area contributed by atoms with E-state index < -0.39 is 0 Å². The Balaban J connectivity index is 1.17. The van der Waals surface area contributed by atoms with Crippen molar-refractivity contribution < 1.29 is 4.42 Å². The van der Waals surface area contributed by atoms with Crippen LogP contribution in [-0.4, -0.2) is 15.0 Å². The summed E-state index contributed by atoms with van der Waals surface area (Å²) in [5, 5.41) is 6.90. The van der Waals surface area contributed by atoms with E-state index in [1.165, 1.54) is 21.5 Å². The Labute approximate surface area is 329 Å². The van der Waals surface area contributed by atoms with Crippen LogP contribution >= 0.6 is 0 Å². The van der Waals surface area contributed by atoms with Crippen LogP contribution in [0.25, 0.3) is 111 Å². The first-order valence-corrected chi connectivity index (χ1v) is 19.2. The lowest BCUT2D eigenvalue weighted by Gasteiger charge is -2.10. The number of furan rings is 1. The van der Waals surface area contributed by atoms with Crippen LogP contribution in [0, 0.1) is 0 Å². The zero-order valence-electron chi connectivity index (χ0n) is 30.8. The molecule has 4 heteroatoms. The summed E-state index contributed by atoms with van der Waals surface area (Å²) in [7, 11) is 0. The summed E-state index contributed by atoms with van der Waals surface area (Å²) >= 11 is 0. The SMILES string of the molecule is c1ccc(-c2cccc(-c3nc(-c4ccccc4)nc(-c4cccc5[oH+]c6c(-c7ccc8ccccc8c7)cc(-c7ccc8ccccc8c7)cc6c45)n3)c2)cc1. The van der Waals surface area contributed by atoms with Gasteiger partial charge in [0.15, 0.2) is 17.5 Å². The van der Waals surface area contributed by atoms with Crippen LogP contribution in [0.2, 0.25) is 0 Å². The summed E-state index contributed by atoms with van der Waals surface area (Å²) in [5.41, 5.74) is 11.3. The van der Waals surface area contributed by atoms with Crippen LogP contribution in [-0.2, 0) is 0 Å². The second kappa shape index (κ2) is 13.6. The van der Waals surface area contributed by atoms with Gasteiger partial charge >= 0.3 is 0 Å². The summed E-state index contributed by atoms with van der Waals surface area (Å²) in [5.74, 6) is 1.84. The van der Waals surface area contributed by atoms with Gasteiger partial charge in [0.2, 0.25) is 0 Å². The normalized spacial score (nSPS) is 11.5. The Kier molecular flexibility index (Phi) is 7.78. The average molecular weight is 729 g/mol. The van der Waals surface area contributed by atoms with Gasteiger partial charge in [-0.25, -0.2) is 15.0 Å². The van der Waals surface area contributed by atoms with Crippen molar-refractivity contribution in [3.63, 3.8) is 0 Å². The molecule has 9 aromatic carbocycles. The van der Waals surface area contributed by atoms with Crippen molar-refractivity contribution in [1.29, 1.82) is 0 Å². The number of benzene rings is 9. The van der Waals surface area contributed by atoms with E-state index in [4.69, 9.17) is 19.4 Å². The molecule has 0 radical (unpaired) electrons. The minimum Gasteiger partial charge on any atom is -0.545 e. The van der Waals surface area contributed by atoms with Gasteiger partial charge in [-0.3, -0.25) is 0 Å². The van der Waals surface area contributed by atoms with Crippen LogP contribution in [0.3, 0.4) is 0 Å². The highest BCUT2D eigenvalue weighted by Gasteiger charge is 2.25. The Morgan fingerprint density at radius 1 is 0.298 bits per heavy atom. The van der Waals surface area contributed by atoms with E-state index in [1.54, 1.807) is 0 Å². The van der Waals surface area contributed by atoms with E-state index in [0.717, 1.165) is 72.0 Å². The predicted octanol–water partition coefficient (Wildman–Crippen LogP) is 14.2. The topological polar surface area (TPSA) is 51.5 Å². The molecule has 0 aliphatic carbocycles. The third-order valence-electron chi connectivity index (χ3n) is 10.9. The van der Waals surface area contributed by atoms with Crippen LogP contribution in [0.4, 0.5) is 0 Å². The number of nitrogens with zero attached hydrogens (tertiary/aromatic N) is 3. The summed E-state index contributed by atoms with van der Waals surface area (Å²) < 4.78 is 5.38. The van der Waals surface area contributed by atoms with Crippen LogP contribution in [0.15, 0.2) is 205 Å². The Hall–Kier alpha value is -7.69. The second-order valence-electron chi connectivity index (χ2n) is 14.5. The molecule has 0 fully saturated rings. The summed E-state index contributed by atoms with van der Waals surface area (Å²) in [4.78, 5) is 15.5. The maximum absolute atomic E-state index is 5.38. The fourth-order valence-corrected chi connectivity index (χ4v) is 8.09. The molecule has 0 spiro atoms. The van der Waals surface area contributed by atoms with Crippen LogP contribution < -0.4 is 0 Å². The molecule has 4 nitrogen and oxygen atoms in total. The first-order valence-electron chi connectivity index (χ1n) is 19.2. The third kappa shape index (κ3) is 5.92. The summed E-state index contributed by atoms with van der Waals surface area (Å²) in [6.07, 6.45) is 0. The largest absolute Gasteiger partial charge is 0.545 e. The van der Waals surface area contributed by atoms with Crippen molar-refractivity contribution in [3.05, 3.63) is 200 Å². The van der Waals surface area contributed by atoms with Crippen LogP contribution in [0.5, 0.6) is 0 Å². The molecular formula is C53H34N3O+. The Morgan fingerprint density at radius 2 is 0.842 bits per heavy atom. The number of rotatable bonds is 6. The summed E-state index contributed by atoms with van der Waals surface area (Å²) in [6.45, 7) is 0. The van der Waals surface area contributed by atoms with E-state index in [1.807, 2.05) is 24.3 Å². The molecule has 0 amide bonds. The van der Waals surface area contributed by atoms with Gasteiger partial charge in [0.1, 0.15) is 0 Å². The summed E-state index contributed by atoms with van der Waals surface area (Å²) in [6, 6.07) is 70.3. The predicted molar refractivity (Wildman–Crippen MR) is 236 cm³/mol. The molecular weight excluding hydrogens is 695 g/mol. The van der Waals surface area contributed by atoms with E-state index >= 15 is 0 Å². The number of hydrogen-bond acceptors (Lipinski definition) is 3. The molecule has 2 aromatic heterocycles. The van der Waals surface area contributed by atoms with E-state index in [0.29, 0.717) is 17.5 Å². The molecule has 0 saturated heterocycles. The Morgan fingerprint density at radius 3 is 1.58 bits per heavy atom. The number of aromatic nitrogens is 3. The monoisotopic (exact) mass is 728 g/mol. The maximum Gasteiger partial charge on any atom is 0.277 e. The minimum absolute atomic E-state index is 0.604. The van der Waals surface area contributed by atoms with Gasteiger partial charge in [-0.1, -0.05) is 158 Å².